The summed E-state index contributed by atoms with van der Waals surface area (Å²) in [6.45, 7) is 4.46. The molecule has 1 saturated heterocycles. The zero-order chi connectivity index (χ0) is 18.0. The standard InChI is InChI=1S/C19H22FN3O2/c1-12-17(13(2)22-21-12)11-19(25)23-9-3-4-16(23)10-18(24)14-5-7-15(20)8-6-14/h5-8,16H,3-4,9-11H2,1-2H3,(H,21,22)/t16-/m0/s1. The highest BCUT2D eigenvalue weighted by atomic mass is 19.1. The number of H-pyrrole nitrogens is 1. The summed E-state index contributed by atoms with van der Waals surface area (Å²) in [7, 11) is 0. The number of amides is 1. The molecule has 0 bridgehead atoms. The third-order valence-electron chi connectivity index (χ3n) is 4.89. The van der Waals surface area contributed by atoms with E-state index in [9.17, 15) is 14.0 Å². The molecule has 0 aliphatic carbocycles. The van der Waals surface area contributed by atoms with Gasteiger partial charge < -0.3 is 4.90 Å². The number of Topliss-reactive ketones (excluding diaryl/α,β-unsaturated/α-hetero) is 1. The number of halogens is 1. The Morgan fingerprint density at radius 1 is 1.28 bits per heavy atom. The quantitative estimate of drug-likeness (QED) is 0.849. The first-order valence-electron chi connectivity index (χ1n) is 8.54. The third kappa shape index (κ3) is 3.78. The molecular formula is C19H22FN3O2. The van der Waals surface area contributed by atoms with Crippen LogP contribution in [0.3, 0.4) is 0 Å². The molecule has 1 N–H and O–H groups in total. The molecule has 6 heteroatoms. The van der Waals surface area contributed by atoms with Crippen molar-refractivity contribution in [2.24, 2.45) is 0 Å². The van der Waals surface area contributed by atoms with Crippen molar-refractivity contribution < 1.29 is 14.0 Å². The maximum atomic E-state index is 13.0. The Balaban J connectivity index is 1.66. The summed E-state index contributed by atoms with van der Waals surface area (Å²) in [6, 6.07) is 5.48. The number of carbonyl (C=O) groups excluding carboxylic acids is 2. The minimum atomic E-state index is -0.361. The van der Waals surface area contributed by atoms with Gasteiger partial charge in [0.15, 0.2) is 5.78 Å². The Kier molecular flexibility index (Phi) is 4.97. The van der Waals surface area contributed by atoms with E-state index in [1.165, 1.54) is 24.3 Å². The van der Waals surface area contributed by atoms with Gasteiger partial charge in [0.2, 0.25) is 5.91 Å². The Morgan fingerprint density at radius 3 is 2.64 bits per heavy atom. The Bertz CT molecular complexity index is 763. The van der Waals surface area contributed by atoms with E-state index in [0.29, 0.717) is 18.5 Å². The van der Waals surface area contributed by atoms with Gasteiger partial charge in [-0.1, -0.05) is 0 Å². The summed E-state index contributed by atoms with van der Waals surface area (Å²) >= 11 is 0. The number of nitrogens with zero attached hydrogens (tertiary/aromatic N) is 2. The van der Waals surface area contributed by atoms with Crippen LogP contribution in [-0.4, -0.2) is 39.4 Å². The third-order valence-corrected chi connectivity index (χ3v) is 4.89. The molecule has 1 aromatic heterocycles. The molecular weight excluding hydrogens is 321 g/mol. The predicted molar refractivity (Wildman–Crippen MR) is 91.8 cm³/mol. The molecule has 1 aliphatic rings. The molecule has 1 amide bonds. The second-order valence-electron chi connectivity index (χ2n) is 6.61. The van der Waals surface area contributed by atoms with Crippen LogP contribution in [0.25, 0.3) is 0 Å². The highest BCUT2D eigenvalue weighted by Gasteiger charge is 2.31. The minimum Gasteiger partial charge on any atom is -0.339 e. The van der Waals surface area contributed by atoms with Crippen molar-refractivity contribution in [3.8, 4) is 0 Å². The number of aryl methyl sites for hydroxylation is 2. The fraction of sp³-hybridized carbons (Fsp3) is 0.421. The molecule has 0 saturated carbocycles. The van der Waals surface area contributed by atoms with Crippen LogP contribution in [-0.2, 0) is 11.2 Å². The summed E-state index contributed by atoms with van der Waals surface area (Å²) in [5, 5.41) is 7.03. The number of likely N-dealkylation sites (tertiary alicyclic amines) is 1. The monoisotopic (exact) mass is 343 g/mol. The van der Waals surface area contributed by atoms with E-state index >= 15 is 0 Å². The fourth-order valence-electron chi connectivity index (χ4n) is 3.43. The van der Waals surface area contributed by atoms with E-state index < -0.39 is 0 Å². The maximum Gasteiger partial charge on any atom is 0.227 e. The molecule has 0 unspecified atom stereocenters. The van der Waals surface area contributed by atoms with Crippen LogP contribution < -0.4 is 0 Å². The first-order valence-corrected chi connectivity index (χ1v) is 8.54. The van der Waals surface area contributed by atoms with Gasteiger partial charge in [0.05, 0.1) is 12.1 Å². The molecule has 1 aromatic carbocycles. The van der Waals surface area contributed by atoms with Crippen LogP contribution in [0.4, 0.5) is 4.39 Å². The summed E-state index contributed by atoms with van der Waals surface area (Å²) in [5.74, 6) is -0.387. The zero-order valence-electron chi connectivity index (χ0n) is 14.5. The van der Waals surface area contributed by atoms with E-state index in [-0.39, 0.29) is 30.0 Å². The molecule has 2 heterocycles. The van der Waals surface area contributed by atoms with Gasteiger partial charge in [0.25, 0.3) is 0 Å². The second kappa shape index (κ2) is 7.17. The van der Waals surface area contributed by atoms with Crippen molar-refractivity contribution >= 4 is 11.7 Å². The lowest BCUT2D eigenvalue weighted by Crippen LogP contribution is -2.38. The van der Waals surface area contributed by atoms with Gasteiger partial charge in [-0.25, -0.2) is 4.39 Å². The highest BCUT2D eigenvalue weighted by Crippen LogP contribution is 2.24. The number of hydrogen-bond acceptors (Lipinski definition) is 3. The molecule has 2 aromatic rings. The van der Waals surface area contributed by atoms with Crippen LogP contribution in [0.5, 0.6) is 0 Å². The molecule has 0 spiro atoms. The normalized spacial score (nSPS) is 17.1. The van der Waals surface area contributed by atoms with Gasteiger partial charge in [-0.3, -0.25) is 14.7 Å². The molecule has 0 radical (unpaired) electrons. The number of nitrogens with one attached hydrogen (secondary N) is 1. The summed E-state index contributed by atoms with van der Waals surface area (Å²) < 4.78 is 13.0. The lowest BCUT2D eigenvalue weighted by atomic mass is 10.0. The van der Waals surface area contributed by atoms with Crippen LogP contribution in [0.15, 0.2) is 24.3 Å². The number of ketones is 1. The first-order chi connectivity index (χ1) is 12.0. The Labute approximate surface area is 146 Å². The van der Waals surface area contributed by atoms with Gasteiger partial charge in [0, 0.05) is 35.8 Å². The topological polar surface area (TPSA) is 66.1 Å². The van der Waals surface area contributed by atoms with Crippen molar-refractivity contribution in [3.05, 3.63) is 52.6 Å². The lowest BCUT2D eigenvalue weighted by molar-refractivity contribution is -0.131. The van der Waals surface area contributed by atoms with Crippen molar-refractivity contribution in [1.82, 2.24) is 15.1 Å². The van der Waals surface area contributed by atoms with Gasteiger partial charge in [-0.05, 0) is 51.0 Å². The molecule has 5 nitrogen and oxygen atoms in total. The summed E-state index contributed by atoms with van der Waals surface area (Å²) in [4.78, 5) is 27.0. The molecule has 132 valence electrons. The number of benzene rings is 1. The van der Waals surface area contributed by atoms with Crippen LogP contribution in [0, 0.1) is 19.7 Å². The van der Waals surface area contributed by atoms with Crippen molar-refractivity contribution in [3.63, 3.8) is 0 Å². The smallest absolute Gasteiger partial charge is 0.227 e. The van der Waals surface area contributed by atoms with E-state index in [4.69, 9.17) is 0 Å². The number of aromatic nitrogens is 2. The van der Waals surface area contributed by atoms with E-state index in [0.717, 1.165) is 29.8 Å². The summed E-state index contributed by atoms with van der Waals surface area (Å²) in [6.07, 6.45) is 2.30. The SMILES string of the molecule is Cc1n[nH]c(C)c1CC(=O)N1CCC[C@H]1CC(=O)c1ccc(F)cc1. The van der Waals surface area contributed by atoms with Crippen LogP contribution in [0.1, 0.15) is 46.6 Å². The maximum absolute atomic E-state index is 13.0. The van der Waals surface area contributed by atoms with Crippen molar-refractivity contribution in [1.29, 1.82) is 0 Å². The molecule has 3 rings (SSSR count). The van der Waals surface area contributed by atoms with Gasteiger partial charge >= 0.3 is 0 Å². The van der Waals surface area contributed by atoms with Gasteiger partial charge in [-0.2, -0.15) is 5.10 Å². The number of rotatable bonds is 5. The highest BCUT2D eigenvalue weighted by molar-refractivity contribution is 5.96. The minimum absolute atomic E-state index is 0.0296. The molecule has 1 atom stereocenters. The van der Waals surface area contributed by atoms with E-state index in [1.807, 2.05) is 18.7 Å². The fourth-order valence-corrected chi connectivity index (χ4v) is 3.43. The van der Waals surface area contributed by atoms with Crippen molar-refractivity contribution in [2.45, 2.75) is 45.6 Å². The number of carbonyl (C=O) groups is 2. The largest absolute Gasteiger partial charge is 0.339 e. The van der Waals surface area contributed by atoms with Crippen molar-refractivity contribution in [2.75, 3.05) is 6.54 Å². The lowest BCUT2D eigenvalue weighted by Gasteiger charge is -2.24. The predicted octanol–water partition coefficient (Wildman–Crippen LogP) is 2.97. The Morgan fingerprint density at radius 2 is 2.00 bits per heavy atom. The van der Waals surface area contributed by atoms with Crippen LogP contribution >= 0.6 is 0 Å². The van der Waals surface area contributed by atoms with Gasteiger partial charge in [-0.15, -0.1) is 0 Å². The number of hydrogen-bond donors (Lipinski definition) is 1. The van der Waals surface area contributed by atoms with E-state index in [1.54, 1.807) is 0 Å². The first kappa shape index (κ1) is 17.3. The Hall–Kier alpha value is -2.50. The van der Waals surface area contributed by atoms with Crippen LogP contribution in [0.2, 0.25) is 0 Å². The van der Waals surface area contributed by atoms with Gasteiger partial charge in [0.1, 0.15) is 5.82 Å². The molecule has 1 aliphatic heterocycles. The molecule has 25 heavy (non-hydrogen) atoms. The average Bonchev–Trinajstić information content (AvgIpc) is 3.17. The summed E-state index contributed by atoms with van der Waals surface area (Å²) in [5.41, 5.74) is 3.16. The zero-order valence-corrected chi connectivity index (χ0v) is 14.5. The average molecular weight is 343 g/mol. The number of aromatic amines is 1. The van der Waals surface area contributed by atoms with E-state index in [2.05, 4.69) is 10.2 Å². The second-order valence-corrected chi connectivity index (χ2v) is 6.61. The molecule has 1 fully saturated rings.